The third-order valence-electron chi connectivity index (χ3n) is 2.54. The Morgan fingerprint density at radius 2 is 2.06 bits per heavy atom. The van der Waals surface area contributed by atoms with Crippen molar-refractivity contribution in [2.24, 2.45) is 0 Å². The molecule has 2 N–H and O–H groups in total. The lowest BCUT2D eigenvalue weighted by atomic mass is 9.89. The van der Waals surface area contributed by atoms with Gasteiger partial charge < -0.3 is 15.2 Å². The smallest absolute Gasteiger partial charge is 0.407 e. The highest BCUT2D eigenvalue weighted by Crippen LogP contribution is 2.33. The topological polar surface area (TPSA) is 58.6 Å². The summed E-state index contributed by atoms with van der Waals surface area (Å²) in [6, 6.07) is -0.950. The van der Waals surface area contributed by atoms with Crippen LogP contribution in [0.1, 0.15) is 40.0 Å². The molecule has 0 aliphatic heterocycles. The Kier molecular flexibility index (Phi) is 3.96. The molecule has 100 valence electrons. The zero-order valence-corrected chi connectivity index (χ0v) is 10.3. The Morgan fingerprint density at radius 1 is 1.47 bits per heavy atom. The molecule has 0 aromatic heterocycles. The maximum Gasteiger partial charge on any atom is 0.407 e. The molecule has 1 aliphatic rings. The van der Waals surface area contributed by atoms with Crippen molar-refractivity contribution in [2.75, 3.05) is 0 Å². The fourth-order valence-electron chi connectivity index (χ4n) is 1.77. The van der Waals surface area contributed by atoms with Gasteiger partial charge in [-0.3, -0.25) is 0 Å². The SMILES string of the molecule is CC(C)(C)OC(=O)NC1CCCC(F)(F)C1O. The summed E-state index contributed by atoms with van der Waals surface area (Å²) in [5, 5.41) is 11.7. The van der Waals surface area contributed by atoms with Crippen molar-refractivity contribution < 1.29 is 23.4 Å². The molecule has 0 aromatic rings. The highest BCUT2D eigenvalue weighted by Gasteiger charge is 2.46. The maximum atomic E-state index is 13.2. The number of ether oxygens (including phenoxy) is 1. The van der Waals surface area contributed by atoms with Gasteiger partial charge in [-0.25, -0.2) is 13.6 Å². The van der Waals surface area contributed by atoms with Gasteiger partial charge in [-0.15, -0.1) is 0 Å². The number of halogens is 2. The lowest BCUT2D eigenvalue weighted by Crippen LogP contribution is -2.54. The van der Waals surface area contributed by atoms with Crippen LogP contribution in [0.2, 0.25) is 0 Å². The van der Waals surface area contributed by atoms with Gasteiger partial charge in [-0.2, -0.15) is 0 Å². The van der Waals surface area contributed by atoms with Crippen LogP contribution in [0.3, 0.4) is 0 Å². The largest absolute Gasteiger partial charge is 0.444 e. The summed E-state index contributed by atoms with van der Waals surface area (Å²) in [6.45, 7) is 5.04. The molecule has 0 aromatic carbocycles. The second kappa shape index (κ2) is 4.76. The summed E-state index contributed by atoms with van der Waals surface area (Å²) < 4.78 is 31.3. The second-order valence-corrected chi connectivity index (χ2v) is 5.35. The fraction of sp³-hybridized carbons (Fsp3) is 0.909. The molecule has 2 atom stereocenters. The van der Waals surface area contributed by atoms with Crippen LogP contribution in [0.4, 0.5) is 13.6 Å². The van der Waals surface area contributed by atoms with Crippen molar-refractivity contribution >= 4 is 6.09 Å². The van der Waals surface area contributed by atoms with E-state index in [-0.39, 0.29) is 12.8 Å². The molecular formula is C11H19F2NO3. The van der Waals surface area contributed by atoms with E-state index >= 15 is 0 Å². The predicted octanol–water partition coefficient (Wildman–Crippen LogP) is 2.06. The molecule has 1 rings (SSSR count). The molecule has 6 heteroatoms. The van der Waals surface area contributed by atoms with E-state index in [9.17, 15) is 18.7 Å². The van der Waals surface area contributed by atoms with E-state index in [1.165, 1.54) is 0 Å². The molecule has 0 bridgehead atoms. The average Bonchev–Trinajstić information content (AvgIpc) is 2.09. The van der Waals surface area contributed by atoms with Gasteiger partial charge >= 0.3 is 6.09 Å². The van der Waals surface area contributed by atoms with Gasteiger partial charge in [-0.05, 0) is 33.6 Å². The first-order valence-electron chi connectivity index (χ1n) is 5.67. The minimum absolute atomic E-state index is 0.268. The van der Waals surface area contributed by atoms with E-state index in [2.05, 4.69) is 5.32 Å². The molecule has 1 aliphatic carbocycles. The zero-order valence-electron chi connectivity index (χ0n) is 10.3. The van der Waals surface area contributed by atoms with Gasteiger partial charge in [0.05, 0.1) is 6.04 Å². The van der Waals surface area contributed by atoms with Crippen molar-refractivity contribution in [1.82, 2.24) is 5.32 Å². The normalized spacial score (nSPS) is 28.6. The minimum atomic E-state index is -3.14. The first kappa shape index (κ1) is 14.2. The van der Waals surface area contributed by atoms with Gasteiger partial charge in [0.15, 0.2) is 0 Å². The van der Waals surface area contributed by atoms with Crippen LogP contribution < -0.4 is 5.32 Å². The van der Waals surface area contributed by atoms with Crippen molar-refractivity contribution in [3.05, 3.63) is 0 Å². The van der Waals surface area contributed by atoms with Crippen molar-refractivity contribution in [2.45, 2.75) is 63.7 Å². The number of rotatable bonds is 1. The average molecular weight is 251 g/mol. The van der Waals surface area contributed by atoms with Gasteiger partial charge in [-0.1, -0.05) is 0 Å². The van der Waals surface area contributed by atoms with Gasteiger partial charge in [0.1, 0.15) is 11.7 Å². The van der Waals surface area contributed by atoms with Crippen LogP contribution in [0, 0.1) is 0 Å². The maximum absolute atomic E-state index is 13.2. The Hall–Kier alpha value is -0.910. The molecular weight excluding hydrogens is 232 g/mol. The van der Waals surface area contributed by atoms with E-state index in [0.717, 1.165) is 0 Å². The number of nitrogens with one attached hydrogen (secondary N) is 1. The Balaban J connectivity index is 2.54. The lowest BCUT2D eigenvalue weighted by molar-refractivity contribution is -0.142. The van der Waals surface area contributed by atoms with Crippen LogP contribution in [-0.2, 0) is 4.74 Å². The molecule has 1 amide bonds. The van der Waals surface area contributed by atoms with E-state index in [0.29, 0.717) is 6.42 Å². The number of amides is 1. The number of aliphatic hydroxyl groups excluding tert-OH is 1. The number of aliphatic hydroxyl groups is 1. The first-order chi connectivity index (χ1) is 7.62. The standard InChI is InChI=1S/C11H19F2NO3/c1-10(2,3)17-9(16)14-7-5-4-6-11(12,13)8(7)15/h7-8,15H,4-6H2,1-3H3,(H,14,16). The summed E-state index contributed by atoms with van der Waals surface area (Å²) in [5.74, 6) is -3.14. The summed E-state index contributed by atoms with van der Waals surface area (Å²) >= 11 is 0. The van der Waals surface area contributed by atoms with Crippen LogP contribution in [-0.4, -0.2) is 34.9 Å². The third kappa shape index (κ3) is 4.11. The molecule has 4 nitrogen and oxygen atoms in total. The van der Waals surface area contributed by atoms with E-state index in [1.807, 2.05) is 0 Å². The number of alkyl carbamates (subject to hydrolysis) is 1. The Labute approximate surface area is 99.3 Å². The zero-order chi connectivity index (χ0) is 13.3. The highest BCUT2D eigenvalue weighted by molar-refractivity contribution is 5.68. The van der Waals surface area contributed by atoms with E-state index in [4.69, 9.17) is 4.74 Å². The molecule has 17 heavy (non-hydrogen) atoms. The van der Waals surface area contributed by atoms with Gasteiger partial charge in [0.2, 0.25) is 0 Å². The van der Waals surface area contributed by atoms with Crippen molar-refractivity contribution in [3.63, 3.8) is 0 Å². The van der Waals surface area contributed by atoms with Gasteiger partial charge in [0, 0.05) is 6.42 Å². The monoisotopic (exact) mass is 251 g/mol. The van der Waals surface area contributed by atoms with Gasteiger partial charge in [0.25, 0.3) is 5.92 Å². The van der Waals surface area contributed by atoms with Crippen LogP contribution in [0.25, 0.3) is 0 Å². The molecule has 0 spiro atoms. The third-order valence-corrected chi connectivity index (χ3v) is 2.54. The first-order valence-corrected chi connectivity index (χ1v) is 5.67. The van der Waals surface area contributed by atoms with E-state index in [1.54, 1.807) is 20.8 Å². The van der Waals surface area contributed by atoms with Crippen LogP contribution in [0.15, 0.2) is 0 Å². The molecule has 0 heterocycles. The van der Waals surface area contributed by atoms with Crippen molar-refractivity contribution in [1.29, 1.82) is 0 Å². The Morgan fingerprint density at radius 3 is 2.59 bits per heavy atom. The summed E-state index contributed by atoms with van der Waals surface area (Å²) in [6.07, 6.45) is -2.37. The van der Waals surface area contributed by atoms with E-state index < -0.39 is 29.8 Å². The quantitative estimate of drug-likeness (QED) is 0.750. The minimum Gasteiger partial charge on any atom is -0.444 e. The summed E-state index contributed by atoms with van der Waals surface area (Å²) in [5.41, 5.74) is -0.688. The number of hydrogen-bond donors (Lipinski definition) is 2. The lowest BCUT2D eigenvalue weighted by Gasteiger charge is -2.35. The predicted molar refractivity (Wildman–Crippen MR) is 58.0 cm³/mol. The number of hydrogen-bond acceptors (Lipinski definition) is 3. The Bertz CT molecular complexity index is 289. The van der Waals surface area contributed by atoms with Crippen LogP contribution in [0.5, 0.6) is 0 Å². The molecule has 1 saturated carbocycles. The highest BCUT2D eigenvalue weighted by atomic mass is 19.3. The summed E-state index contributed by atoms with van der Waals surface area (Å²) in [7, 11) is 0. The molecule has 2 unspecified atom stereocenters. The number of carbonyl (C=O) groups excluding carboxylic acids is 1. The van der Waals surface area contributed by atoms with Crippen LogP contribution >= 0.6 is 0 Å². The number of alkyl halides is 2. The molecule has 1 fully saturated rings. The number of carbonyl (C=O) groups is 1. The summed E-state index contributed by atoms with van der Waals surface area (Å²) in [4.78, 5) is 11.4. The molecule has 0 saturated heterocycles. The second-order valence-electron chi connectivity index (χ2n) is 5.35. The molecule has 0 radical (unpaired) electrons. The fourth-order valence-corrected chi connectivity index (χ4v) is 1.77. The van der Waals surface area contributed by atoms with Crippen molar-refractivity contribution in [3.8, 4) is 0 Å².